The molecule has 0 heterocycles. The van der Waals surface area contributed by atoms with Crippen molar-refractivity contribution in [2.24, 2.45) is 0 Å². The van der Waals surface area contributed by atoms with Gasteiger partial charge in [-0.3, -0.25) is 4.79 Å². The summed E-state index contributed by atoms with van der Waals surface area (Å²) >= 11 is 0. The Balaban J connectivity index is 1.91. The van der Waals surface area contributed by atoms with E-state index >= 15 is 0 Å². The Morgan fingerprint density at radius 3 is 2.62 bits per heavy atom. The highest BCUT2D eigenvalue weighted by atomic mass is 19.1. The van der Waals surface area contributed by atoms with Crippen molar-refractivity contribution in [3.05, 3.63) is 53.8 Å². The topological polar surface area (TPSA) is 88.1 Å². The van der Waals surface area contributed by atoms with Gasteiger partial charge in [-0.25, -0.2) is 4.39 Å². The predicted molar refractivity (Wildman–Crippen MR) is 76.1 cm³/mol. The van der Waals surface area contributed by atoms with E-state index in [-0.39, 0.29) is 12.3 Å². The number of benzene rings is 2. The van der Waals surface area contributed by atoms with Gasteiger partial charge < -0.3 is 15.8 Å². The third-order valence-electron chi connectivity index (χ3n) is 2.64. The molecule has 0 unspecified atom stereocenters. The molecule has 0 aliphatic heterocycles. The number of hydrogen-bond acceptors (Lipinski definition) is 4. The van der Waals surface area contributed by atoms with Gasteiger partial charge in [0.05, 0.1) is 23.0 Å². The van der Waals surface area contributed by atoms with E-state index < -0.39 is 11.7 Å². The highest BCUT2D eigenvalue weighted by molar-refractivity contribution is 5.94. The summed E-state index contributed by atoms with van der Waals surface area (Å²) < 4.78 is 18.1. The molecule has 0 aliphatic carbocycles. The lowest BCUT2D eigenvalue weighted by Crippen LogP contribution is -2.20. The van der Waals surface area contributed by atoms with Crippen molar-refractivity contribution in [1.82, 2.24) is 0 Å². The third-order valence-corrected chi connectivity index (χ3v) is 2.64. The second-order valence-electron chi connectivity index (χ2n) is 4.20. The van der Waals surface area contributed by atoms with Gasteiger partial charge in [0.1, 0.15) is 11.6 Å². The van der Waals surface area contributed by atoms with Gasteiger partial charge in [0.2, 0.25) is 0 Å². The van der Waals surface area contributed by atoms with Crippen molar-refractivity contribution in [3.63, 3.8) is 0 Å². The van der Waals surface area contributed by atoms with Gasteiger partial charge in [0.25, 0.3) is 5.91 Å². The Bertz CT molecular complexity index is 693. The molecule has 21 heavy (non-hydrogen) atoms. The van der Waals surface area contributed by atoms with Gasteiger partial charge in [-0.05, 0) is 42.5 Å². The average molecular weight is 285 g/mol. The molecule has 5 nitrogen and oxygen atoms in total. The molecule has 0 radical (unpaired) electrons. The minimum absolute atomic E-state index is 0.140. The summed E-state index contributed by atoms with van der Waals surface area (Å²) in [6, 6.07) is 12.1. The second-order valence-corrected chi connectivity index (χ2v) is 4.20. The fraction of sp³-hybridized carbons (Fsp3) is 0.0667. The number of nitriles is 1. The minimum atomic E-state index is -0.473. The molecule has 2 aromatic rings. The van der Waals surface area contributed by atoms with Crippen molar-refractivity contribution in [1.29, 1.82) is 5.26 Å². The molecule has 0 aromatic heterocycles. The summed E-state index contributed by atoms with van der Waals surface area (Å²) in [5.74, 6) is -0.423. The Hall–Kier alpha value is -3.07. The zero-order valence-corrected chi connectivity index (χ0v) is 11.0. The summed E-state index contributed by atoms with van der Waals surface area (Å²) in [6.07, 6.45) is 0. The first-order valence-corrected chi connectivity index (χ1v) is 6.06. The molecule has 0 saturated carbocycles. The molecule has 3 N–H and O–H groups in total. The highest BCUT2D eigenvalue weighted by Gasteiger charge is 2.07. The van der Waals surface area contributed by atoms with E-state index in [1.54, 1.807) is 24.3 Å². The van der Waals surface area contributed by atoms with Crippen LogP contribution < -0.4 is 15.8 Å². The van der Waals surface area contributed by atoms with Crippen LogP contribution in [0.5, 0.6) is 5.75 Å². The van der Waals surface area contributed by atoms with Crippen LogP contribution in [0.25, 0.3) is 0 Å². The van der Waals surface area contributed by atoms with Gasteiger partial charge in [-0.1, -0.05) is 0 Å². The zero-order chi connectivity index (χ0) is 15.2. The molecular weight excluding hydrogens is 273 g/mol. The van der Waals surface area contributed by atoms with Gasteiger partial charge in [-0.15, -0.1) is 0 Å². The number of anilines is 2. The van der Waals surface area contributed by atoms with Gasteiger partial charge >= 0.3 is 0 Å². The molecule has 106 valence electrons. The smallest absolute Gasteiger partial charge is 0.262 e. The number of rotatable bonds is 4. The van der Waals surface area contributed by atoms with E-state index in [0.29, 0.717) is 17.0 Å². The Morgan fingerprint density at radius 2 is 2.00 bits per heavy atom. The van der Waals surface area contributed by atoms with E-state index in [0.717, 1.165) is 6.07 Å². The molecule has 0 saturated heterocycles. The van der Waals surface area contributed by atoms with Crippen LogP contribution in [0.2, 0.25) is 0 Å². The largest absolute Gasteiger partial charge is 0.484 e. The number of nitrogens with zero attached hydrogens (tertiary/aromatic N) is 1. The lowest BCUT2D eigenvalue weighted by atomic mass is 10.2. The number of carbonyl (C=O) groups excluding carboxylic acids is 1. The molecule has 0 fully saturated rings. The van der Waals surface area contributed by atoms with E-state index in [1.165, 1.54) is 12.1 Å². The van der Waals surface area contributed by atoms with Crippen LogP contribution in [0.15, 0.2) is 42.5 Å². The maximum absolute atomic E-state index is 12.9. The average Bonchev–Trinajstić information content (AvgIpc) is 2.48. The maximum atomic E-state index is 12.9. The molecular formula is C15H12FN3O2. The zero-order valence-electron chi connectivity index (χ0n) is 11.0. The van der Waals surface area contributed by atoms with E-state index in [2.05, 4.69) is 5.32 Å². The Labute approximate surface area is 120 Å². The maximum Gasteiger partial charge on any atom is 0.262 e. The van der Waals surface area contributed by atoms with Crippen molar-refractivity contribution in [2.75, 3.05) is 17.7 Å². The summed E-state index contributed by atoms with van der Waals surface area (Å²) in [5.41, 5.74) is 6.55. The number of ether oxygens (including phenoxy) is 1. The van der Waals surface area contributed by atoms with E-state index in [9.17, 15) is 9.18 Å². The van der Waals surface area contributed by atoms with E-state index in [4.69, 9.17) is 15.7 Å². The SMILES string of the molecule is N#Cc1ccc(OCC(=O)Nc2ccc(F)cc2N)cc1. The molecule has 0 atom stereocenters. The van der Waals surface area contributed by atoms with Crippen LogP contribution in [0.3, 0.4) is 0 Å². The van der Waals surface area contributed by atoms with Crippen LogP contribution in [-0.2, 0) is 4.79 Å². The molecule has 2 rings (SSSR count). The first-order valence-electron chi connectivity index (χ1n) is 6.06. The number of nitrogens with one attached hydrogen (secondary N) is 1. The molecule has 0 spiro atoms. The van der Waals surface area contributed by atoms with Crippen molar-refractivity contribution >= 4 is 17.3 Å². The first-order chi connectivity index (χ1) is 10.1. The Kier molecular flexibility index (Phi) is 4.36. The van der Waals surface area contributed by atoms with Gasteiger partial charge in [0, 0.05) is 0 Å². The lowest BCUT2D eigenvalue weighted by molar-refractivity contribution is -0.118. The second kappa shape index (κ2) is 6.39. The van der Waals surface area contributed by atoms with Crippen LogP contribution in [-0.4, -0.2) is 12.5 Å². The number of carbonyl (C=O) groups is 1. The molecule has 0 aliphatic rings. The molecule has 6 heteroatoms. The molecule has 1 amide bonds. The van der Waals surface area contributed by atoms with Crippen molar-refractivity contribution in [3.8, 4) is 11.8 Å². The van der Waals surface area contributed by atoms with Crippen LogP contribution in [0, 0.1) is 17.1 Å². The van der Waals surface area contributed by atoms with Crippen LogP contribution >= 0.6 is 0 Å². The summed E-state index contributed by atoms with van der Waals surface area (Å²) in [6.45, 7) is -0.220. The van der Waals surface area contributed by atoms with Crippen LogP contribution in [0.1, 0.15) is 5.56 Å². The summed E-state index contributed by atoms with van der Waals surface area (Å²) in [5, 5.41) is 11.2. The fourth-order valence-corrected chi connectivity index (χ4v) is 1.61. The number of halogens is 1. The molecule has 0 bridgehead atoms. The lowest BCUT2D eigenvalue weighted by Gasteiger charge is -2.09. The Morgan fingerprint density at radius 1 is 1.29 bits per heavy atom. The fourth-order valence-electron chi connectivity index (χ4n) is 1.61. The van der Waals surface area contributed by atoms with Crippen molar-refractivity contribution in [2.45, 2.75) is 0 Å². The summed E-state index contributed by atoms with van der Waals surface area (Å²) in [7, 11) is 0. The normalized spacial score (nSPS) is 9.71. The predicted octanol–water partition coefficient (Wildman–Crippen LogP) is 2.30. The van der Waals surface area contributed by atoms with E-state index in [1.807, 2.05) is 6.07 Å². The van der Waals surface area contributed by atoms with Crippen LogP contribution in [0.4, 0.5) is 15.8 Å². The standard InChI is InChI=1S/C15H12FN3O2/c16-11-3-6-14(13(18)7-11)19-15(20)9-21-12-4-1-10(8-17)2-5-12/h1-7H,9,18H2,(H,19,20). The number of nitrogen functional groups attached to an aromatic ring is 1. The number of hydrogen-bond donors (Lipinski definition) is 2. The first kappa shape index (κ1) is 14.3. The summed E-state index contributed by atoms with van der Waals surface area (Å²) in [4.78, 5) is 11.7. The van der Waals surface area contributed by atoms with Crippen molar-refractivity contribution < 1.29 is 13.9 Å². The van der Waals surface area contributed by atoms with Gasteiger partial charge in [-0.2, -0.15) is 5.26 Å². The molecule has 2 aromatic carbocycles. The number of amides is 1. The minimum Gasteiger partial charge on any atom is -0.484 e. The monoisotopic (exact) mass is 285 g/mol. The third kappa shape index (κ3) is 3.94. The quantitative estimate of drug-likeness (QED) is 0.844. The highest BCUT2D eigenvalue weighted by Crippen LogP contribution is 2.19. The van der Waals surface area contributed by atoms with Gasteiger partial charge in [0.15, 0.2) is 6.61 Å². The number of nitrogens with two attached hydrogens (primary N) is 1.